The lowest BCUT2D eigenvalue weighted by Gasteiger charge is -2.32. The van der Waals surface area contributed by atoms with Gasteiger partial charge in [0.15, 0.2) is 0 Å². The Labute approximate surface area is 188 Å². The van der Waals surface area contributed by atoms with Crippen LogP contribution < -0.4 is 10.1 Å². The molecule has 2 amide bonds. The van der Waals surface area contributed by atoms with Crippen molar-refractivity contribution in [1.29, 1.82) is 0 Å². The van der Waals surface area contributed by atoms with E-state index in [2.05, 4.69) is 16.4 Å². The Kier molecular flexibility index (Phi) is 7.10. The van der Waals surface area contributed by atoms with Gasteiger partial charge < -0.3 is 19.9 Å². The molecular weight excluding hydrogens is 402 g/mol. The molecule has 1 aromatic heterocycles. The second-order valence-corrected chi connectivity index (χ2v) is 8.39. The molecule has 32 heavy (non-hydrogen) atoms. The van der Waals surface area contributed by atoms with Gasteiger partial charge >= 0.3 is 0 Å². The first-order chi connectivity index (χ1) is 15.7. The Morgan fingerprint density at radius 2 is 1.91 bits per heavy atom. The van der Waals surface area contributed by atoms with Crippen LogP contribution >= 0.6 is 0 Å². The highest BCUT2D eigenvalue weighted by Crippen LogP contribution is 2.22. The van der Waals surface area contributed by atoms with E-state index in [4.69, 9.17) is 4.74 Å². The topological polar surface area (TPSA) is 74.4 Å². The standard InChI is InChI=1S/C26H31N3O3/c1-32-24-11-5-2-7-19(24)14-15-27-26(31)21-8-6-16-29(18-21)25(30)13-12-20-17-28-23-10-4-3-9-22(20)23/h2-5,7,9-11,17,21,28H,6,8,12-16,18H2,1H3,(H,27,31)/t21-/m0/s1. The summed E-state index contributed by atoms with van der Waals surface area (Å²) in [6.45, 7) is 1.80. The lowest BCUT2D eigenvalue weighted by atomic mass is 9.96. The van der Waals surface area contributed by atoms with Gasteiger partial charge in [-0.2, -0.15) is 0 Å². The number of carbonyl (C=O) groups excluding carboxylic acids is 2. The first-order valence-corrected chi connectivity index (χ1v) is 11.4. The molecule has 4 rings (SSSR count). The van der Waals surface area contributed by atoms with E-state index in [0.29, 0.717) is 25.9 Å². The zero-order valence-corrected chi connectivity index (χ0v) is 18.6. The molecule has 2 aromatic carbocycles. The van der Waals surface area contributed by atoms with Crippen LogP contribution in [0, 0.1) is 5.92 Å². The number of piperidine rings is 1. The molecule has 1 atom stereocenters. The fraction of sp³-hybridized carbons (Fsp3) is 0.385. The van der Waals surface area contributed by atoms with E-state index in [1.807, 2.05) is 53.6 Å². The molecule has 0 aliphatic carbocycles. The average molecular weight is 434 g/mol. The van der Waals surface area contributed by atoms with E-state index in [1.54, 1.807) is 7.11 Å². The van der Waals surface area contributed by atoms with Gasteiger partial charge in [-0.15, -0.1) is 0 Å². The van der Waals surface area contributed by atoms with E-state index in [1.165, 1.54) is 5.39 Å². The van der Waals surface area contributed by atoms with Crippen LogP contribution in [0.3, 0.4) is 0 Å². The summed E-state index contributed by atoms with van der Waals surface area (Å²) in [6.07, 6.45) is 5.57. The van der Waals surface area contributed by atoms with E-state index >= 15 is 0 Å². The van der Waals surface area contributed by atoms with E-state index < -0.39 is 0 Å². The molecule has 1 fully saturated rings. The first kappa shape index (κ1) is 21.9. The lowest BCUT2D eigenvalue weighted by Crippen LogP contribution is -2.45. The number of amides is 2. The van der Waals surface area contributed by atoms with Crippen molar-refractivity contribution in [2.24, 2.45) is 5.92 Å². The number of H-pyrrole nitrogens is 1. The third kappa shape index (κ3) is 5.13. The zero-order chi connectivity index (χ0) is 22.3. The Morgan fingerprint density at radius 1 is 1.09 bits per heavy atom. The molecule has 2 heterocycles. The maximum atomic E-state index is 12.8. The largest absolute Gasteiger partial charge is 0.496 e. The van der Waals surface area contributed by atoms with Gasteiger partial charge in [0.2, 0.25) is 11.8 Å². The Balaban J connectivity index is 1.26. The average Bonchev–Trinajstić information content (AvgIpc) is 3.26. The van der Waals surface area contributed by atoms with Gasteiger partial charge in [-0.3, -0.25) is 9.59 Å². The summed E-state index contributed by atoms with van der Waals surface area (Å²) >= 11 is 0. The number of rotatable bonds is 8. The highest BCUT2D eigenvalue weighted by molar-refractivity contribution is 5.84. The molecule has 1 aliphatic heterocycles. The number of likely N-dealkylation sites (tertiary alicyclic amines) is 1. The number of benzene rings is 2. The van der Waals surface area contributed by atoms with Crippen molar-refractivity contribution >= 4 is 22.7 Å². The van der Waals surface area contributed by atoms with Gasteiger partial charge in [-0.1, -0.05) is 36.4 Å². The normalized spacial score (nSPS) is 16.2. The van der Waals surface area contributed by atoms with Crippen LogP contribution in [0.15, 0.2) is 54.7 Å². The van der Waals surface area contributed by atoms with Crippen molar-refractivity contribution in [1.82, 2.24) is 15.2 Å². The van der Waals surface area contributed by atoms with Crippen LogP contribution in [0.4, 0.5) is 0 Å². The minimum atomic E-state index is -0.140. The van der Waals surface area contributed by atoms with Gasteiger partial charge in [-0.05, 0) is 48.9 Å². The van der Waals surface area contributed by atoms with Crippen molar-refractivity contribution in [3.05, 3.63) is 65.9 Å². The summed E-state index contributed by atoms with van der Waals surface area (Å²) in [7, 11) is 1.66. The molecule has 2 N–H and O–H groups in total. The number of aromatic amines is 1. The lowest BCUT2D eigenvalue weighted by molar-refractivity contribution is -0.135. The summed E-state index contributed by atoms with van der Waals surface area (Å²) in [6, 6.07) is 16.0. The highest BCUT2D eigenvalue weighted by Gasteiger charge is 2.28. The second-order valence-electron chi connectivity index (χ2n) is 8.39. The molecule has 0 unspecified atom stereocenters. The molecule has 1 aliphatic rings. The molecule has 0 saturated carbocycles. The maximum absolute atomic E-state index is 12.8. The van der Waals surface area contributed by atoms with Gasteiger partial charge in [0.1, 0.15) is 5.75 Å². The number of hydrogen-bond acceptors (Lipinski definition) is 3. The van der Waals surface area contributed by atoms with Crippen molar-refractivity contribution in [3.8, 4) is 5.75 Å². The SMILES string of the molecule is COc1ccccc1CCNC(=O)[C@H]1CCCN(C(=O)CCc2c[nH]c3ccccc23)C1. The van der Waals surface area contributed by atoms with Gasteiger partial charge in [-0.25, -0.2) is 0 Å². The predicted molar refractivity (Wildman–Crippen MR) is 126 cm³/mol. The molecule has 0 spiro atoms. The number of hydrogen-bond donors (Lipinski definition) is 2. The van der Waals surface area contributed by atoms with Crippen LogP contribution in [0.1, 0.15) is 30.4 Å². The molecular formula is C26H31N3O3. The summed E-state index contributed by atoms with van der Waals surface area (Å²) < 4.78 is 5.37. The minimum absolute atomic E-state index is 0.0361. The van der Waals surface area contributed by atoms with Crippen LogP contribution in [0.5, 0.6) is 5.75 Å². The van der Waals surface area contributed by atoms with Crippen molar-refractivity contribution < 1.29 is 14.3 Å². The smallest absolute Gasteiger partial charge is 0.224 e. The number of aromatic nitrogens is 1. The molecule has 1 saturated heterocycles. The second kappa shape index (κ2) is 10.4. The predicted octanol–water partition coefficient (Wildman–Crippen LogP) is 3.71. The fourth-order valence-electron chi connectivity index (χ4n) is 4.53. The third-order valence-corrected chi connectivity index (χ3v) is 6.31. The van der Waals surface area contributed by atoms with Crippen LogP contribution in [-0.2, 0) is 22.4 Å². The van der Waals surface area contributed by atoms with Gasteiger partial charge in [0.05, 0.1) is 13.0 Å². The maximum Gasteiger partial charge on any atom is 0.224 e. The number of methoxy groups -OCH3 is 1. The van der Waals surface area contributed by atoms with Crippen molar-refractivity contribution in [3.63, 3.8) is 0 Å². The number of para-hydroxylation sites is 2. The van der Waals surface area contributed by atoms with Crippen LogP contribution in [-0.4, -0.2) is 48.4 Å². The molecule has 0 bridgehead atoms. The minimum Gasteiger partial charge on any atom is -0.496 e. The van der Waals surface area contributed by atoms with Crippen molar-refractivity contribution in [2.45, 2.75) is 32.1 Å². The number of aryl methyl sites for hydroxylation is 1. The highest BCUT2D eigenvalue weighted by atomic mass is 16.5. The first-order valence-electron chi connectivity index (χ1n) is 11.4. The number of fused-ring (bicyclic) bond motifs is 1. The van der Waals surface area contributed by atoms with E-state index in [9.17, 15) is 9.59 Å². The van der Waals surface area contributed by atoms with Crippen LogP contribution in [0.25, 0.3) is 10.9 Å². The van der Waals surface area contributed by atoms with Crippen molar-refractivity contribution in [2.75, 3.05) is 26.7 Å². The summed E-state index contributed by atoms with van der Waals surface area (Å²) in [4.78, 5) is 30.7. The number of nitrogens with zero attached hydrogens (tertiary/aromatic N) is 1. The molecule has 6 nitrogen and oxygen atoms in total. The van der Waals surface area contributed by atoms with E-state index in [0.717, 1.165) is 48.2 Å². The number of nitrogens with one attached hydrogen (secondary N) is 2. The molecule has 168 valence electrons. The quantitative estimate of drug-likeness (QED) is 0.569. The monoisotopic (exact) mass is 433 g/mol. The van der Waals surface area contributed by atoms with Crippen LogP contribution in [0.2, 0.25) is 0 Å². The fourth-order valence-corrected chi connectivity index (χ4v) is 4.53. The molecule has 3 aromatic rings. The summed E-state index contributed by atoms with van der Waals surface area (Å²) in [5.74, 6) is 0.862. The molecule has 6 heteroatoms. The van der Waals surface area contributed by atoms with Gasteiger partial charge in [0.25, 0.3) is 0 Å². The third-order valence-electron chi connectivity index (χ3n) is 6.31. The number of carbonyl (C=O) groups is 2. The van der Waals surface area contributed by atoms with E-state index in [-0.39, 0.29) is 17.7 Å². The van der Waals surface area contributed by atoms with Gasteiger partial charge in [0, 0.05) is 43.2 Å². The Bertz CT molecular complexity index is 1070. The Morgan fingerprint density at radius 3 is 2.78 bits per heavy atom. The Hall–Kier alpha value is -3.28. The number of ether oxygens (including phenoxy) is 1. The summed E-state index contributed by atoms with van der Waals surface area (Å²) in [5, 5.41) is 4.22. The summed E-state index contributed by atoms with van der Waals surface area (Å²) in [5.41, 5.74) is 3.34. The molecule has 0 radical (unpaired) electrons. The zero-order valence-electron chi connectivity index (χ0n) is 18.6.